The molecule has 0 unspecified atom stereocenters. The van der Waals surface area contributed by atoms with E-state index < -0.39 is 11.7 Å². The largest absolute Gasteiger partial charge is 1.00 e. The minimum Gasteiger partial charge on any atom is -0.870 e. The van der Waals surface area contributed by atoms with Gasteiger partial charge in [-0.1, -0.05) is 0 Å². The number of benzene rings is 1. The number of nitrogens with one attached hydrogen (secondary N) is 1. The molecular formula is C8H5F3IKN2O. The van der Waals surface area contributed by atoms with Crippen molar-refractivity contribution in [1.82, 2.24) is 10.2 Å². The first-order valence-electron chi connectivity index (χ1n) is 3.69. The second-order valence-corrected chi connectivity index (χ2v) is 3.85. The summed E-state index contributed by atoms with van der Waals surface area (Å²) < 4.78 is 37.6. The molecule has 2 rings (SSSR count). The first-order chi connectivity index (χ1) is 6.48. The fourth-order valence-corrected chi connectivity index (χ4v) is 1.73. The summed E-state index contributed by atoms with van der Waals surface area (Å²) in [4.78, 5) is 0. The Labute approximate surface area is 145 Å². The van der Waals surface area contributed by atoms with E-state index >= 15 is 0 Å². The first-order valence-corrected chi connectivity index (χ1v) is 4.77. The number of aromatic amines is 1. The summed E-state index contributed by atoms with van der Waals surface area (Å²) in [7, 11) is 0. The molecule has 8 heteroatoms. The Morgan fingerprint density at radius 2 is 1.88 bits per heavy atom. The summed E-state index contributed by atoms with van der Waals surface area (Å²) >= 11 is 1.99. The van der Waals surface area contributed by atoms with Crippen molar-refractivity contribution in [3.8, 4) is 0 Å². The number of hydrogen-bond donors (Lipinski definition) is 1. The van der Waals surface area contributed by atoms with Crippen molar-refractivity contribution in [2.75, 3.05) is 0 Å². The minimum atomic E-state index is -4.31. The Kier molecular flexibility index (Phi) is 6.42. The van der Waals surface area contributed by atoms with Gasteiger partial charge in [0, 0.05) is 5.39 Å². The van der Waals surface area contributed by atoms with Crippen molar-refractivity contribution in [1.29, 1.82) is 0 Å². The summed E-state index contributed by atoms with van der Waals surface area (Å²) in [6, 6.07) is 3.51. The van der Waals surface area contributed by atoms with Gasteiger partial charge < -0.3 is 5.48 Å². The molecule has 2 N–H and O–H groups in total. The number of fused-ring (bicyclic) bond motifs is 1. The van der Waals surface area contributed by atoms with E-state index in [1.807, 2.05) is 22.6 Å². The molecular weight excluding hydrogens is 363 g/mol. The molecule has 3 nitrogen and oxygen atoms in total. The molecule has 82 valence electrons. The topological polar surface area (TPSA) is 58.7 Å². The molecule has 1 aromatic carbocycles. The molecule has 0 aliphatic rings. The Morgan fingerprint density at radius 1 is 1.25 bits per heavy atom. The van der Waals surface area contributed by atoms with E-state index in [1.165, 1.54) is 6.07 Å². The average Bonchev–Trinajstić information content (AvgIpc) is 2.46. The maximum atomic E-state index is 12.3. The molecule has 0 fully saturated rings. The number of nitrogens with zero attached hydrogens (tertiary/aromatic N) is 1. The molecule has 16 heavy (non-hydrogen) atoms. The van der Waals surface area contributed by atoms with Crippen LogP contribution in [0.3, 0.4) is 0 Å². The van der Waals surface area contributed by atoms with Crippen molar-refractivity contribution >= 4 is 33.5 Å². The van der Waals surface area contributed by atoms with Gasteiger partial charge in [-0.2, -0.15) is 18.3 Å². The predicted molar refractivity (Wildman–Crippen MR) is 55.7 cm³/mol. The smallest absolute Gasteiger partial charge is 0.870 e. The SMILES string of the molecule is FC(F)(F)c1ccc2c(I)[nH]nc2c1.[K+].[OH-]. The molecule has 1 aromatic heterocycles. The quantitative estimate of drug-likeness (QED) is 0.527. The number of alkyl halides is 3. The standard InChI is InChI=1S/C8H4F3IN2.K.H2O/c9-8(10,11)4-1-2-5-6(3-4)13-14-7(5)12;;/h1-3H,(H,13,14);;1H2/q;+1;/p-1. The third kappa shape index (κ3) is 3.40. The molecule has 0 amide bonds. The molecule has 0 atom stereocenters. The average molecular weight is 368 g/mol. The van der Waals surface area contributed by atoms with Crippen LogP contribution in [-0.2, 0) is 6.18 Å². The third-order valence-electron chi connectivity index (χ3n) is 1.84. The van der Waals surface area contributed by atoms with Gasteiger partial charge in [0.1, 0.15) is 3.70 Å². The number of rotatable bonds is 0. The van der Waals surface area contributed by atoms with Gasteiger partial charge in [0.25, 0.3) is 0 Å². The van der Waals surface area contributed by atoms with Crippen LogP contribution < -0.4 is 51.4 Å². The van der Waals surface area contributed by atoms with Crippen LogP contribution in [0, 0.1) is 3.70 Å². The van der Waals surface area contributed by atoms with Gasteiger partial charge in [-0.05, 0) is 40.8 Å². The van der Waals surface area contributed by atoms with Crippen LogP contribution in [0.15, 0.2) is 18.2 Å². The van der Waals surface area contributed by atoms with Gasteiger partial charge in [0.05, 0.1) is 11.1 Å². The minimum absolute atomic E-state index is 0. The van der Waals surface area contributed by atoms with Gasteiger partial charge in [-0.25, -0.2) is 0 Å². The number of H-pyrrole nitrogens is 1. The van der Waals surface area contributed by atoms with E-state index in [2.05, 4.69) is 10.2 Å². The Bertz CT molecular complexity index is 486. The van der Waals surface area contributed by atoms with Gasteiger partial charge in [-0.15, -0.1) is 0 Å². The van der Waals surface area contributed by atoms with E-state index in [0.29, 0.717) is 10.9 Å². The zero-order valence-corrected chi connectivity index (χ0v) is 13.4. The van der Waals surface area contributed by atoms with E-state index in [4.69, 9.17) is 0 Å². The first kappa shape index (κ1) is 16.8. The zero-order chi connectivity index (χ0) is 10.3. The Hall–Kier alpha value is 0.806. The fraction of sp³-hybridized carbons (Fsp3) is 0.125. The molecule has 0 aliphatic heterocycles. The van der Waals surface area contributed by atoms with Gasteiger partial charge >= 0.3 is 57.6 Å². The van der Waals surface area contributed by atoms with Crippen LogP contribution in [0.1, 0.15) is 5.56 Å². The molecule has 0 bridgehead atoms. The van der Waals surface area contributed by atoms with Crippen molar-refractivity contribution in [3.05, 3.63) is 27.5 Å². The summed E-state index contributed by atoms with van der Waals surface area (Å²) in [5, 5.41) is 7.09. The van der Waals surface area contributed by atoms with Crippen LogP contribution in [0.2, 0.25) is 0 Å². The van der Waals surface area contributed by atoms with Crippen LogP contribution in [-0.4, -0.2) is 15.7 Å². The number of halogens is 4. The van der Waals surface area contributed by atoms with E-state index in [1.54, 1.807) is 0 Å². The van der Waals surface area contributed by atoms with Crippen LogP contribution in [0.25, 0.3) is 10.9 Å². The van der Waals surface area contributed by atoms with E-state index in [-0.39, 0.29) is 56.9 Å². The maximum Gasteiger partial charge on any atom is 1.00 e. The second kappa shape index (κ2) is 6.11. The Morgan fingerprint density at radius 3 is 2.44 bits per heavy atom. The maximum absolute atomic E-state index is 12.3. The van der Waals surface area contributed by atoms with Crippen molar-refractivity contribution in [3.63, 3.8) is 0 Å². The molecule has 0 aliphatic carbocycles. The second-order valence-electron chi connectivity index (χ2n) is 2.77. The molecule has 1 heterocycles. The van der Waals surface area contributed by atoms with Crippen LogP contribution >= 0.6 is 22.6 Å². The van der Waals surface area contributed by atoms with Crippen molar-refractivity contribution < 1.29 is 70.0 Å². The summed E-state index contributed by atoms with van der Waals surface area (Å²) in [5.74, 6) is 0. The van der Waals surface area contributed by atoms with Crippen molar-refractivity contribution in [2.24, 2.45) is 0 Å². The molecule has 0 saturated heterocycles. The molecule has 2 aromatic rings. The van der Waals surface area contributed by atoms with E-state index in [0.717, 1.165) is 15.8 Å². The van der Waals surface area contributed by atoms with Gasteiger partial charge in [0.15, 0.2) is 0 Å². The number of hydrogen-bond acceptors (Lipinski definition) is 2. The van der Waals surface area contributed by atoms with E-state index in [9.17, 15) is 13.2 Å². The summed E-state index contributed by atoms with van der Waals surface area (Å²) in [5.41, 5.74) is -0.336. The monoisotopic (exact) mass is 368 g/mol. The molecule has 0 radical (unpaired) electrons. The number of aromatic nitrogens is 2. The molecule has 0 saturated carbocycles. The summed E-state index contributed by atoms with van der Waals surface area (Å²) in [6.07, 6.45) is -4.31. The van der Waals surface area contributed by atoms with Crippen molar-refractivity contribution in [2.45, 2.75) is 6.18 Å². The zero-order valence-electron chi connectivity index (χ0n) is 8.14. The third-order valence-corrected chi connectivity index (χ3v) is 2.66. The van der Waals surface area contributed by atoms with Gasteiger partial charge in [-0.3, -0.25) is 5.10 Å². The van der Waals surface area contributed by atoms with Gasteiger partial charge in [0.2, 0.25) is 0 Å². The van der Waals surface area contributed by atoms with Crippen LogP contribution in [0.5, 0.6) is 0 Å². The predicted octanol–water partition coefficient (Wildman–Crippen LogP) is 0.0135. The normalized spacial score (nSPS) is 10.8. The summed E-state index contributed by atoms with van der Waals surface area (Å²) in [6.45, 7) is 0. The van der Waals surface area contributed by atoms with Crippen LogP contribution in [0.4, 0.5) is 13.2 Å². The fourth-order valence-electron chi connectivity index (χ4n) is 1.16. The Balaban J connectivity index is 0.00000112. The molecule has 0 spiro atoms.